The van der Waals surface area contributed by atoms with Crippen molar-refractivity contribution in [1.82, 2.24) is 0 Å². The number of hydrogen-bond acceptors (Lipinski definition) is 5. The number of fused-ring (bicyclic) bond motifs is 7. The molecule has 0 atom stereocenters. The fourth-order valence-electron chi connectivity index (χ4n) is 9.02. The van der Waals surface area contributed by atoms with Gasteiger partial charge in [-0.25, -0.2) is 0 Å². The van der Waals surface area contributed by atoms with Crippen LogP contribution in [0.3, 0.4) is 0 Å². The van der Waals surface area contributed by atoms with Crippen LogP contribution in [-0.2, 0) is 5.41 Å². The normalized spacial score (nSPS) is 13.7. The number of benzene rings is 8. The van der Waals surface area contributed by atoms with Crippen molar-refractivity contribution in [3.05, 3.63) is 204 Å². The Labute approximate surface area is 337 Å². The van der Waals surface area contributed by atoms with Gasteiger partial charge in [0.2, 0.25) is 0 Å². The van der Waals surface area contributed by atoms with E-state index < -0.39 is 0 Å². The van der Waals surface area contributed by atoms with Gasteiger partial charge < -0.3 is 19.0 Å². The van der Waals surface area contributed by atoms with Gasteiger partial charge in [-0.2, -0.15) is 0 Å². The second-order valence-corrected chi connectivity index (χ2v) is 15.8. The van der Waals surface area contributed by atoms with Gasteiger partial charge in [0.1, 0.15) is 5.58 Å². The lowest BCUT2D eigenvalue weighted by molar-refractivity contribution is 0.103. The van der Waals surface area contributed by atoms with E-state index in [1.807, 2.05) is 42.5 Å². The number of para-hydroxylation sites is 3. The number of rotatable bonds is 5. The van der Waals surface area contributed by atoms with Crippen molar-refractivity contribution >= 4 is 61.8 Å². The number of aryl methyl sites for hydroxylation is 1. The van der Waals surface area contributed by atoms with Crippen molar-refractivity contribution in [2.75, 3.05) is 9.80 Å². The molecule has 11 rings (SSSR count). The SMILES string of the molecule is Cc1ccc2c(c1)Oc1cc(N(c3ccccc3)c3cccc4c3oc3ccccc34)ccc1N2c1cccc(-c2ccc3c(c2)C(C)(C)c2ccccc2C3=O)c1. The molecule has 0 unspecified atom stereocenters. The van der Waals surface area contributed by atoms with Gasteiger partial charge in [-0.05, 0) is 101 Å². The first-order valence-electron chi connectivity index (χ1n) is 19.7. The first-order valence-corrected chi connectivity index (χ1v) is 19.7. The Morgan fingerprint density at radius 1 is 0.552 bits per heavy atom. The second kappa shape index (κ2) is 12.8. The van der Waals surface area contributed by atoms with Crippen LogP contribution >= 0.6 is 0 Å². The van der Waals surface area contributed by atoms with E-state index in [1.54, 1.807) is 0 Å². The van der Waals surface area contributed by atoms with Crippen LogP contribution in [0.1, 0.15) is 46.5 Å². The molecule has 1 aliphatic carbocycles. The number of carbonyl (C=O) groups is 1. The highest BCUT2D eigenvalue weighted by Gasteiger charge is 2.37. The molecule has 5 heteroatoms. The molecule has 0 saturated carbocycles. The van der Waals surface area contributed by atoms with Gasteiger partial charge in [-0.15, -0.1) is 0 Å². The minimum Gasteiger partial charge on any atom is -0.454 e. The molecule has 0 spiro atoms. The number of anilines is 6. The summed E-state index contributed by atoms with van der Waals surface area (Å²) in [4.78, 5) is 18.2. The smallest absolute Gasteiger partial charge is 0.193 e. The molecule has 5 nitrogen and oxygen atoms in total. The molecule has 58 heavy (non-hydrogen) atoms. The summed E-state index contributed by atoms with van der Waals surface area (Å²) in [5.41, 5.74) is 14.0. The standard InChI is InChI=1S/C53H38N2O3/c1-33-23-27-45-49(29-33)57-50-32-38(54(36-14-5-4-6-15-36)47-21-12-19-40-39-17-8-10-22-48(39)58-52(40)47)25-28-46(50)55(45)37-16-11-13-34(30-37)35-24-26-42-44(31-35)53(2,3)43-20-9-7-18-41(43)51(42)56/h4-32H,1-3H3. The van der Waals surface area contributed by atoms with Crippen molar-refractivity contribution in [2.24, 2.45) is 0 Å². The van der Waals surface area contributed by atoms with Crippen molar-refractivity contribution < 1.29 is 13.9 Å². The average Bonchev–Trinajstić information content (AvgIpc) is 3.65. The van der Waals surface area contributed by atoms with Crippen LogP contribution in [-0.4, -0.2) is 5.78 Å². The number of ether oxygens (including phenoxy) is 1. The average molecular weight is 751 g/mol. The monoisotopic (exact) mass is 750 g/mol. The number of nitrogens with zero attached hydrogens (tertiary/aromatic N) is 2. The molecule has 278 valence electrons. The summed E-state index contributed by atoms with van der Waals surface area (Å²) in [7, 11) is 0. The van der Waals surface area contributed by atoms with Crippen LogP contribution in [0.4, 0.5) is 34.1 Å². The third-order valence-corrected chi connectivity index (χ3v) is 11.9. The van der Waals surface area contributed by atoms with Crippen LogP contribution in [0, 0.1) is 6.92 Å². The Balaban J connectivity index is 1.04. The molecule has 0 bridgehead atoms. The number of carbonyl (C=O) groups excluding carboxylic acids is 1. The minimum atomic E-state index is -0.325. The van der Waals surface area contributed by atoms with Crippen molar-refractivity contribution in [1.29, 1.82) is 0 Å². The van der Waals surface area contributed by atoms with Gasteiger partial charge in [0.05, 0.1) is 22.7 Å². The lowest BCUT2D eigenvalue weighted by Crippen LogP contribution is -2.30. The van der Waals surface area contributed by atoms with Gasteiger partial charge >= 0.3 is 0 Å². The number of ketones is 1. The largest absolute Gasteiger partial charge is 0.454 e. The van der Waals surface area contributed by atoms with Gasteiger partial charge in [-0.1, -0.05) is 117 Å². The molecule has 0 saturated heterocycles. The lowest BCUT2D eigenvalue weighted by Gasteiger charge is -2.35. The zero-order chi connectivity index (χ0) is 39.1. The highest BCUT2D eigenvalue weighted by atomic mass is 16.5. The maximum Gasteiger partial charge on any atom is 0.193 e. The van der Waals surface area contributed by atoms with E-state index in [9.17, 15) is 4.79 Å². The minimum absolute atomic E-state index is 0.0847. The Hall–Kier alpha value is -7.37. The first kappa shape index (κ1) is 33.9. The van der Waals surface area contributed by atoms with Crippen molar-refractivity contribution in [2.45, 2.75) is 26.2 Å². The van der Waals surface area contributed by atoms with Gasteiger partial charge in [0.25, 0.3) is 0 Å². The quantitative estimate of drug-likeness (QED) is 0.175. The summed E-state index contributed by atoms with van der Waals surface area (Å²) in [6.45, 7) is 6.52. The molecule has 2 aliphatic rings. The summed E-state index contributed by atoms with van der Waals surface area (Å²) < 4.78 is 13.4. The molecule has 0 amide bonds. The van der Waals surface area contributed by atoms with Crippen LogP contribution in [0.2, 0.25) is 0 Å². The zero-order valence-corrected chi connectivity index (χ0v) is 32.4. The Kier molecular flexibility index (Phi) is 7.51. The van der Waals surface area contributed by atoms with Crippen LogP contribution in [0.25, 0.3) is 33.1 Å². The van der Waals surface area contributed by atoms with Crippen LogP contribution < -0.4 is 14.5 Å². The predicted octanol–water partition coefficient (Wildman–Crippen LogP) is 14.5. The Morgan fingerprint density at radius 2 is 1.26 bits per heavy atom. The Morgan fingerprint density at radius 3 is 2.14 bits per heavy atom. The molecule has 0 N–H and O–H groups in total. The molecular formula is C53H38N2O3. The third kappa shape index (κ3) is 5.20. The van der Waals surface area contributed by atoms with E-state index in [0.717, 1.165) is 107 Å². The topological polar surface area (TPSA) is 45.9 Å². The second-order valence-electron chi connectivity index (χ2n) is 15.8. The maximum absolute atomic E-state index is 13.7. The molecular weight excluding hydrogens is 713 g/mol. The Bertz CT molecular complexity index is 3120. The van der Waals surface area contributed by atoms with Gasteiger partial charge in [0.15, 0.2) is 22.9 Å². The van der Waals surface area contributed by atoms with Gasteiger partial charge in [0, 0.05) is 44.8 Å². The van der Waals surface area contributed by atoms with Crippen molar-refractivity contribution in [3.8, 4) is 22.6 Å². The number of hydrogen-bond donors (Lipinski definition) is 0. The molecule has 0 fully saturated rings. The summed E-state index contributed by atoms with van der Waals surface area (Å²) in [6, 6.07) is 60.7. The van der Waals surface area contributed by atoms with Crippen LogP contribution in [0.15, 0.2) is 180 Å². The fourth-order valence-corrected chi connectivity index (χ4v) is 9.02. The molecule has 0 radical (unpaired) electrons. The molecule has 9 aromatic rings. The third-order valence-electron chi connectivity index (χ3n) is 11.9. The van der Waals surface area contributed by atoms with Gasteiger partial charge in [-0.3, -0.25) is 4.79 Å². The highest BCUT2D eigenvalue weighted by molar-refractivity contribution is 6.13. The van der Waals surface area contributed by atoms with E-state index in [4.69, 9.17) is 9.15 Å². The van der Waals surface area contributed by atoms with Crippen LogP contribution in [0.5, 0.6) is 11.5 Å². The molecule has 1 aliphatic heterocycles. The van der Waals surface area contributed by atoms with E-state index in [1.165, 1.54) is 0 Å². The summed E-state index contributed by atoms with van der Waals surface area (Å²) in [5, 5.41) is 2.15. The molecule has 8 aromatic carbocycles. The molecule has 1 aromatic heterocycles. The van der Waals surface area contributed by atoms with E-state index >= 15 is 0 Å². The summed E-state index contributed by atoms with van der Waals surface area (Å²) in [6.07, 6.45) is 0. The predicted molar refractivity (Wildman–Crippen MR) is 235 cm³/mol. The molecule has 2 heterocycles. The zero-order valence-electron chi connectivity index (χ0n) is 32.4. The van der Waals surface area contributed by atoms with E-state index in [0.29, 0.717) is 0 Å². The maximum atomic E-state index is 13.7. The summed E-state index contributed by atoms with van der Waals surface area (Å²) >= 11 is 0. The lowest BCUT2D eigenvalue weighted by atomic mass is 9.68. The van der Waals surface area contributed by atoms with Crippen molar-refractivity contribution in [3.63, 3.8) is 0 Å². The summed E-state index contributed by atoms with van der Waals surface area (Å²) in [5.74, 6) is 1.61. The number of furan rings is 1. The van der Waals surface area contributed by atoms with E-state index in [2.05, 4.69) is 164 Å². The van der Waals surface area contributed by atoms with E-state index in [-0.39, 0.29) is 11.2 Å². The highest BCUT2D eigenvalue weighted by Crippen LogP contribution is 2.53. The fraction of sp³-hybridized carbons (Fsp3) is 0.0755. The first-order chi connectivity index (χ1) is 28.3.